The molecular weight excluding hydrogens is 361 g/mol. The van der Waals surface area contributed by atoms with Gasteiger partial charge < -0.3 is 21.1 Å². The van der Waals surface area contributed by atoms with Gasteiger partial charge in [-0.2, -0.15) is 13.2 Å². The molecule has 27 heavy (non-hydrogen) atoms. The maximum Gasteiger partial charge on any atom is 0.417 e. The van der Waals surface area contributed by atoms with Gasteiger partial charge in [0.2, 0.25) is 0 Å². The molecule has 1 aromatic rings. The second-order valence-corrected chi connectivity index (χ2v) is 6.21. The zero-order valence-corrected chi connectivity index (χ0v) is 15.3. The number of aromatic nitrogens is 1. The monoisotopic (exact) mass is 388 g/mol. The van der Waals surface area contributed by atoms with Crippen molar-refractivity contribution in [3.05, 3.63) is 23.9 Å². The number of alkyl halides is 3. The van der Waals surface area contributed by atoms with Gasteiger partial charge in [-0.25, -0.2) is 4.98 Å². The van der Waals surface area contributed by atoms with Crippen LogP contribution in [0.5, 0.6) is 0 Å². The van der Waals surface area contributed by atoms with Gasteiger partial charge in [0.1, 0.15) is 5.82 Å². The summed E-state index contributed by atoms with van der Waals surface area (Å²) in [6.45, 7) is 6.39. The molecule has 10 heteroatoms. The van der Waals surface area contributed by atoms with Crippen molar-refractivity contribution in [3.63, 3.8) is 0 Å². The zero-order chi connectivity index (χ0) is 19.5. The maximum absolute atomic E-state index is 12.5. The van der Waals surface area contributed by atoms with Gasteiger partial charge in [-0.15, -0.1) is 0 Å². The molecule has 2 heterocycles. The lowest BCUT2D eigenvalue weighted by Crippen LogP contribution is -2.39. The Kier molecular flexibility index (Phi) is 8.59. The van der Waals surface area contributed by atoms with Gasteiger partial charge in [0.25, 0.3) is 0 Å². The molecule has 1 aliphatic heterocycles. The molecular formula is C17H27F3N6O. The van der Waals surface area contributed by atoms with Gasteiger partial charge in [-0.05, 0) is 31.5 Å². The number of pyridine rings is 1. The van der Waals surface area contributed by atoms with Crippen molar-refractivity contribution >= 4 is 11.8 Å². The summed E-state index contributed by atoms with van der Waals surface area (Å²) >= 11 is 0. The van der Waals surface area contributed by atoms with Crippen molar-refractivity contribution in [2.75, 3.05) is 57.8 Å². The van der Waals surface area contributed by atoms with E-state index >= 15 is 0 Å². The lowest BCUT2D eigenvalue weighted by atomic mass is 10.3. The lowest BCUT2D eigenvalue weighted by Gasteiger charge is -2.26. The highest BCUT2D eigenvalue weighted by Gasteiger charge is 2.30. The van der Waals surface area contributed by atoms with Crippen LogP contribution in [0.4, 0.5) is 19.0 Å². The average Bonchev–Trinajstić information content (AvgIpc) is 2.65. The third-order valence-electron chi connectivity index (χ3n) is 4.07. The zero-order valence-electron chi connectivity index (χ0n) is 15.3. The fourth-order valence-corrected chi connectivity index (χ4v) is 2.56. The lowest BCUT2D eigenvalue weighted by molar-refractivity contribution is -0.137. The van der Waals surface area contributed by atoms with Crippen molar-refractivity contribution in [1.82, 2.24) is 15.2 Å². The minimum Gasteiger partial charge on any atom is -0.379 e. The van der Waals surface area contributed by atoms with Crippen LogP contribution in [0.25, 0.3) is 0 Å². The van der Waals surface area contributed by atoms with E-state index in [0.717, 1.165) is 58.1 Å². The van der Waals surface area contributed by atoms with E-state index in [9.17, 15) is 13.2 Å². The molecule has 0 saturated carbocycles. The predicted octanol–water partition coefficient (Wildman–Crippen LogP) is 1.53. The number of hydrogen-bond acceptors (Lipinski definition) is 5. The fourth-order valence-electron chi connectivity index (χ4n) is 2.56. The summed E-state index contributed by atoms with van der Waals surface area (Å²) in [6.07, 6.45) is -1.87. The molecule has 2 rings (SSSR count). The third kappa shape index (κ3) is 8.44. The molecule has 0 radical (unpaired) electrons. The minimum absolute atomic E-state index is 0.404. The van der Waals surface area contributed by atoms with E-state index in [1.165, 1.54) is 6.07 Å². The summed E-state index contributed by atoms with van der Waals surface area (Å²) < 4.78 is 42.7. The van der Waals surface area contributed by atoms with Crippen molar-refractivity contribution in [1.29, 1.82) is 0 Å². The summed E-state index contributed by atoms with van der Waals surface area (Å²) in [5.41, 5.74) is 5.05. The number of rotatable bonds is 9. The first kappa shape index (κ1) is 21.2. The van der Waals surface area contributed by atoms with E-state index in [1.54, 1.807) is 0 Å². The van der Waals surface area contributed by atoms with Crippen LogP contribution < -0.4 is 16.4 Å². The number of halogens is 3. The number of nitrogens with zero attached hydrogens (tertiary/aromatic N) is 3. The molecule has 7 nitrogen and oxygen atoms in total. The number of nitrogens with one attached hydrogen (secondary N) is 2. The summed E-state index contributed by atoms with van der Waals surface area (Å²) in [4.78, 5) is 10.3. The Hall–Kier alpha value is -2.07. The molecule has 0 unspecified atom stereocenters. The second kappa shape index (κ2) is 10.9. The molecule has 1 saturated heterocycles. The normalized spacial score (nSPS) is 16.3. The molecule has 0 aromatic carbocycles. The third-order valence-corrected chi connectivity index (χ3v) is 4.07. The molecule has 0 amide bonds. The van der Waals surface area contributed by atoms with Crippen molar-refractivity contribution in [3.8, 4) is 0 Å². The largest absolute Gasteiger partial charge is 0.417 e. The minimum atomic E-state index is -4.37. The average molecular weight is 388 g/mol. The smallest absolute Gasteiger partial charge is 0.379 e. The number of morpholine rings is 1. The summed E-state index contributed by atoms with van der Waals surface area (Å²) in [7, 11) is 0. The quantitative estimate of drug-likeness (QED) is 0.338. The van der Waals surface area contributed by atoms with Gasteiger partial charge in [0.05, 0.1) is 18.8 Å². The fraction of sp³-hybridized carbons (Fsp3) is 0.647. The molecule has 0 spiro atoms. The highest BCUT2D eigenvalue weighted by molar-refractivity contribution is 5.77. The van der Waals surface area contributed by atoms with Gasteiger partial charge in [-0.1, -0.05) is 0 Å². The highest BCUT2D eigenvalue weighted by atomic mass is 19.4. The maximum atomic E-state index is 12.5. The molecule has 0 atom stereocenters. The van der Waals surface area contributed by atoms with Crippen LogP contribution in [0, 0.1) is 0 Å². The van der Waals surface area contributed by atoms with Gasteiger partial charge in [0.15, 0.2) is 5.96 Å². The van der Waals surface area contributed by atoms with E-state index in [2.05, 4.69) is 25.5 Å². The summed E-state index contributed by atoms with van der Waals surface area (Å²) in [6, 6.07) is 2.32. The first-order valence-corrected chi connectivity index (χ1v) is 9.06. The molecule has 152 valence electrons. The standard InChI is InChI=1S/C17H27F3N6O/c18-17(19,20)14-3-4-15(25-13-14)22-5-1-6-23-16(21)24-7-2-8-26-9-11-27-12-10-26/h3-4,13H,1-2,5-12H2,(H,22,25)(H3,21,23,24). The van der Waals surface area contributed by atoms with Crippen LogP contribution in [0.1, 0.15) is 18.4 Å². The second-order valence-electron chi connectivity index (χ2n) is 6.21. The Labute approximate surface area is 157 Å². The van der Waals surface area contributed by atoms with E-state index in [-0.39, 0.29) is 0 Å². The van der Waals surface area contributed by atoms with Gasteiger partial charge in [-0.3, -0.25) is 9.89 Å². The number of anilines is 1. The van der Waals surface area contributed by atoms with Crippen molar-refractivity contribution in [2.24, 2.45) is 10.7 Å². The van der Waals surface area contributed by atoms with Crippen molar-refractivity contribution < 1.29 is 17.9 Å². The van der Waals surface area contributed by atoms with Gasteiger partial charge in [0, 0.05) is 38.9 Å². The van der Waals surface area contributed by atoms with Crippen LogP contribution in [0.2, 0.25) is 0 Å². The Balaban J connectivity index is 1.53. The van der Waals surface area contributed by atoms with Gasteiger partial charge >= 0.3 is 6.18 Å². The van der Waals surface area contributed by atoms with E-state index in [4.69, 9.17) is 10.5 Å². The number of ether oxygens (including phenoxy) is 1. The van der Waals surface area contributed by atoms with E-state index < -0.39 is 11.7 Å². The first-order chi connectivity index (χ1) is 12.9. The first-order valence-electron chi connectivity index (χ1n) is 9.06. The van der Waals surface area contributed by atoms with E-state index in [0.29, 0.717) is 31.3 Å². The molecule has 4 N–H and O–H groups in total. The summed E-state index contributed by atoms with van der Waals surface area (Å²) in [5.74, 6) is 0.811. The number of aliphatic imine (C=N–C) groups is 1. The molecule has 1 aliphatic rings. The molecule has 1 aromatic heterocycles. The van der Waals surface area contributed by atoms with Crippen LogP contribution >= 0.6 is 0 Å². The predicted molar refractivity (Wildman–Crippen MR) is 98.7 cm³/mol. The number of hydrogen-bond donors (Lipinski definition) is 3. The SMILES string of the molecule is NC(=NCCCNc1ccc(C(F)(F)F)cn1)NCCCN1CCOCC1. The Morgan fingerprint density at radius 2 is 2.00 bits per heavy atom. The molecule has 0 aliphatic carbocycles. The number of nitrogens with two attached hydrogens (primary N) is 1. The topological polar surface area (TPSA) is 87.8 Å². The van der Waals surface area contributed by atoms with Crippen LogP contribution in [-0.4, -0.2) is 68.3 Å². The van der Waals surface area contributed by atoms with Crippen molar-refractivity contribution in [2.45, 2.75) is 19.0 Å². The molecule has 0 bridgehead atoms. The summed E-state index contributed by atoms with van der Waals surface area (Å²) in [5, 5.41) is 6.04. The Morgan fingerprint density at radius 1 is 1.22 bits per heavy atom. The van der Waals surface area contributed by atoms with Crippen LogP contribution in [0.15, 0.2) is 23.3 Å². The van der Waals surface area contributed by atoms with Crippen LogP contribution in [0.3, 0.4) is 0 Å². The molecule has 1 fully saturated rings. The van der Waals surface area contributed by atoms with Crippen LogP contribution in [-0.2, 0) is 10.9 Å². The highest BCUT2D eigenvalue weighted by Crippen LogP contribution is 2.28. The Morgan fingerprint density at radius 3 is 2.67 bits per heavy atom. The number of guanidine groups is 1. The van der Waals surface area contributed by atoms with E-state index in [1.807, 2.05) is 0 Å². The Bertz CT molecular complexity index is 573.